The Hall–Kier alpha value is -3.60. The molecule has 8 heterocycles. The molecule has 101 heavy (non-hydrogen) atoms. The molecule has 40 atom stereocenters. The van der Waals surface area contributed by atoms with Gasteiger partial charge in [0.25, 0.3) is 0 Å². The van der Waals surface area contributed by atoms with Gasteiger partial charge in [0, 0.05) is 27.7 Å². The lowest BCUT2D eigenvalue weighted by atomic mass is 9.93. The van der Waals surface area contributed by atoms with Crippen molar-refractivity contribution in [1.29, 1.82) is 0 Å². The average molecular weight is 1480 g/mol. The van der Waals surface area contributed by atoms with Crippen molar-refractivity contribution in [3.8, 4) is 0 Å². The molecule has 0 bridgehead atoms. The van der Waals surface area contributed by atoms with Gasteiger partial charge in [-0.3, -0.25) is 19.2 Å². The summed E-state index contributed by atoms with van der Waals surface area (Å²) >= 11 is 0. The van der Waals surface area contributed by atoms with Gasteiger partial charge in [0.15, 0.2) is 50.3 Å². The van der Waals surface area contributed by atoms with Crippen molar-refractivity contribution in [3.63, 3.8) is 0 Å². The molecular weight excluding hydrogens is 1380 g/mol. The fourth-order valence-corrected chi connectivity index (χ4v) is 13.0. The Balaban J connectivity index is 1.05. The number of aliphatic hydroxyl groups excluding tert-OH is 22. The lowest BCUT2D eigenvalue weighted by Crippen LogP contribution is -2.71. The lowest BCUT2D eigenvalue weighted by Gasteiger charge is -2.51. The number of amides is 4. The van der Waals surface area contributed by atoms with E-state index in [2.05, 4.69) is 21.3 Å². The zero-order valence-electron chi connectivity index (χ0n) is 54.3. The summed E-state index contributed by atoms with van der Waals surface area (Å²) in [5.41, 5.74) is 0. The predicted molar refractivity (Wildman–Crippen MR) is 311 cm³/mol. The standard InChI is InChI=1S/C56H94N4O41/c1-13(68)57-25-33(76)43(20(8-64)88-49(25)86)98-56-42(85)48(32(75)24(95-56)12-87-50-26(58-14(2)69)34(77)44(21(9-65)92-50)96-53-39(82)37(80)29(72)17(5-61)89-53)101-52-28(60-16(4)71)36(79)46(23(11-67)94-52)99-55-41(84)47(31(74)19(7-63)91-55)100-51-27(59-15(3)70)35(78)45(22(10-66)93-51)97-54-40(83)38(81)30(73)18(6-62)90-54/h17-56,61-67,72-86H,5-12H2,1-4H3,(H,57,68)(H,58,69)(H,59,70)(H,60,71)/t17-,18-,19-,20-,21-,22-,23-,24-,25-,26-,27-,28-,29+,30+,31+,32+,33-,34-,35-,36-,37+,38+,39-,40-,41-,42-,43-,44-,45-,46-,47+,48+,49?,50-,51+,52+,53+,54+,55+,56+/m1/s1. The van der Waals surface area contributed by atoms with Crippen LogP contribution in [0.3, 0.4) is 0 Å². The van der Waals surface area contributed by atoms with E-state index in [0.717, 1.165) is 27.7 Å². The van der Waals surface area contributed by atoms with E-state index in [1.807, 2.05) is 0 Å². The molecule has 0 aromatic heterocycles. The highest BCUT2D eigenvalue weighted by Gasteiger charge is 2.60. The van der Waals surface area contributed by atoms with Gasteiger partial charge in [-0.1, -0.05) is 0 Å². The van der Waals surface area contributed by atoms with Crippen molar-refractivity contribution in [2.45, 2.75) is 273 Å². The Kier molecular flexibility index (Phi) is 29.9. The molecule has 26 N–H and O–H groups in total. The first kappa shape index (κ1) is 83.0. The van der Waals surface area contributed by atoms with Crippen LogP contribution in [0.15, 0.2) is 0 Å². The van der Waals surface area contributed by atoms with Crippen LogP contribution in [0.5, 0.6) is 0 Å². The second kappa shape index (κ2) is 36.3. The summed E-state index contributed by atoms with van der Waals surface area (Å²) in [7, 11) is 0. The van der Waals surface area contributed by atoms with Crippen molar-refractivity contribution >= 4 is 23.6 Å². The highest BCUT2D eigenvalue weighted by molar-refractivity contribution is 5.74. The van der Waals surface area contributed by atoms with Crippen molar-refractivity contribution in [2.75, 3.05) is 52.9 Å². The first-order chi connectivity index (χ1) is 47.8. The summed E-state index contributed by atoms with van der Waals surface area (Å²) in [6, 6.07) is -7.24. The zero-order valence-corrected chi connectivity index (χ0v) is 54.3. The summed E-state index contributed by atoms with van der Waals surface area (Å²) in [5, 5.41) is 251. The van der Waals surface area contributed by atoms with Crippen LogP contribution in [0.4, 0.5) is 0 Å². The molecule has 8 aliphatic heterocycles. The quantitative estimate of drug-likeness (QED) is 0.0382. The smallest absolute Gasteiger partial charge is 0.217 e. The molecular formula is C56H94N4O41. The molecule has 0 radical (unpaired) electrons. The Morgan fingerprint density at radius 3 is 0.842 bits per heavy atom. The first-order valence-corrected chi connectivity index (χ1v) is 32.1. The predicted octanol–water partition coefficient (Wildman–Crippen LogP) is -17.9. The molecule has 0 aromatic carbocycles. The van der Waals surface area contributed by atoms with Crippen LogP contribution in [0, 0.1) is 0 Å². The van der Waals surface area contributed by atoms with Crippen LogP contribution in [0.25, 0.3) is 0 Å². The van der Waals surface area contributed by atoms with Gasteiger partial charge in [-0.25, -0.2) is 0 Å². The van der Waals surface area contributed by atoms with E-state index in [1.54, 1.807) is 0 Å². The van der Waals surface area contributed by atoms with Gasteiger partial charge in [0.05, 0.1) is 52.9 Å². The lowest BCUT2D eigenvalue weighted by molar-refractivity contribution is -0.387. The average Bonchev–Trinajstić information content (AvgIpc) is 0.771. The van der Waals surface area contributed by atoms with Crippen LogP contribution in [0.1, 0.15) is 27.7 Å². The molecule has 45 heteroatoms. The third-order valence-corrected chi connectivity index (χ3v) is 18.2. The Labute approximate surface area is 572 Å². The Morgan fingerprint density at radius 2 is 0.505 bits per heavy atom. The normalized spacial score (nSPS) is 48.3. The van der Waals surface area contributed by atoms with Gasteiger partial charge in [-0.05, 0) is 0 Å². The van der Waals surface area contributed by atoms with Crippen molar-refractivity contribution in [2.24, 2.45) is 0 Å². The molecule has 0 aromatic rings. The fraction of sp³-hybridized carbons (Fsp3) is 0.929. The molecule has 0 spiro atoms. The zero-order chi connectivity index (χ0) is 74.5. The van der Waals surface area contributed by atoms with Crippen LogP contribution in [-0.4, -0.2) is 434 Å². The van der Waals surface area contributed by atoms with Gasteiger partial charge < -0.3 is 205 Å². The molecule has 4 amide bonds. The Bertz CT molecular complexity index is 2640. The Morgan fingerprint density at radius 1 is 0.257 bits per heavy atom. The maximum absolute atomic E-state index is 13.1. The van der Waals surface area contributed by atoms with Gasteiger partial charge in [-0.2, -0.15) is 0 Å². The summed E-state index contributed by atoms with van der Waals surface area (Å²) in [6.07, 6.45) is -71.3. The third-order valence-electron chi connectivity index (χ3n) is 18.2. The summed E-state index contributed by atoms with van der Waals surface area (Å²) < 4.78 is 87.6. The number of hydrogen-bond acceptors (Lipinski definition) is 41. The maximum Gasteiger partial charge on any atom is 0.217 e. The highest BCUT2D eigenvalue weighted by atomic mass is 16.8. The molecule has 8 aliphatic rings. The SMILES string of the molecule is CC(=O)N[C@H]1[C@H](OC[C@H]2O[C@@H](O[C@H]3[C@H](O)[C@@H](NC(C)=O)C(O)O[C@@H]3CO)[C@H](O)[C@@H](O[C@@H]3O[C@H](CO)[C@@H](O[C@@H]4O[C@H](CO)[C@H](O)[C@H](O[C@@H]5O[C@H](CO)[C@@H](O[C@@H]6O[C@H](CO)[C@H](O)[C@H](O)[C@H]6O)[C@H](O)[C@H]5NC(C)=O)[C@H]4O)[C@H](O)[C@H]3NC(C)=O)[C@H]2O)O[C@H](CO)[C@@H](O[C@@H]2O[C@H](CO)[C@H](O)[C@H](O)[C@H]2O)[C@@H]1O. The monoisotopic (exact) mass is 1480 g/mol. The molecule has 1 unspecified atom stereocenters. The molecule has 0 saturated carbocycles. The van der Waals surface area contributed by atoms with E-state index >= 15 is 0 Å². The number of hydrogen-bond donors (Lipinski definition) is 26. The van der Waals surface area contributed by atoms with Gasteiger partial charge in [0.2, 0.25) is 23.6 Å². The van der Waals surface area contributed by atoms with Crippen molar-refractivity contribution in [3.05, 3.63) is 0 Å². The summed E-state index contributed by atoms with van der Waals surface area (Å²) in [4.78, 5) is 50.6. The molecule has 45 nitrogen and oxygen atoms in total. The minimum atomic E-state index is -2.38. The molecule has 0 aliphatic carbocycles. The van der Waals surface area contributed by atoms with Gasteiger partial charge in [0.1, 0.15) is 195 Å². The first-order valence-electron chi connectivity index (χ1n) is 32.1. The van der Waals surface area contributed by atoms with E-state index in [-0.39, 0.29) is 0 Å². The van der Waals surface area contributed by atoms with Crippen LogP contribution in [0.2, 0.25) is 0 Å². The fourth-order valence-electron chi connectivity index (χ4n) is 13.0. The molecule has 8 rings (SSSR count). The summed E-state index contributed by atoms with van der Waals surface area (Å²) in [6.45, 7) is -4.29. The topological polar surface area (TPSA) is 700 Å². The molecule has 584 valence electrons. The van der Waals surface area contributed by atoms with E-state index < -0.39 is 322 Å². The third kappa shape index (κ3) is 18.5. The van der Waals surface area contributed by atoms with Crippen molar-refractivity contribution < 1.29 is 203 Å². The van der Waals surface area contributed by atoms with Crippen LogP contribution in [-0.2, 0) is 90.2 Å². The van der Waals surface area contributed by atoms with Crippen molar-refractivity contribution in [1.82, 2.24) is 21.3 Å². The van der Waals surface area contributed by atoms with Gasteiger partial charge in [-0.15, -0.1) is 0 Å². The minimum absolute atomic E-state index is 0.806. The largest absolute Gasteiger partial charge is 0.394 e. The number of nitrogens with one attached hydrogen (secondary N) is 4. The minimum Gasteiger partial charge on any atom is -0.394 e. The highest BCUT2D eigenvalue weighted by Crippen LogP contribution is 2.39. The van der Waals surface area contributed by atoms with E-state index in [1.165, 1.54) is 0 Å². The van der Waals surface area contributed by atoms with E-state index in [0.29, 0.717) is 0 Å². The van der Waals surface area contributed by atoms with E-state index in [9.17, 15) is 132 Å². The molecule has 8 saturated heterocycles. The number of carbonyl (C=O) groups is 4. The maximum atomic E-state index is 13.1. The van der Waals surface area contributed by atoms with Crippen LogP contribution >= 0.6 is 0 Å². The summed E-state index contributed by atoms with van der Waals surface area (Å²) in [5.74, 6) is -3.51. The molecule has 8 fully saturated rings. The second-order valence-electron chi connectivity index (χ2n) is 25.4. The number of aliphatic hydroxyl groups is 22. The second-order valence-corrected chi connectivity index (χ2v) is 25.4. The van der Waals surface area contributed by atoms with E-state index in [4.69, 9.17) is 71.1 Å². The van der Waals surface area contributed by atoms with Crippen LogP contribution < -0.4 is 21.3 Å². The number of carbonyl (C=O) groups excluding carboxylic acids is 4. The van der Waals surface area contributed by atoms with Gasteiger partial charge >= 0.3 is 0 Å². The number of rotatable bonds is 26. The number of ether oxygens (including phenoxy) is 15.